The molecule has 0 bridgehead atoms. The van der Waals surface area contributed by atoms with Crippen LogP contribution in [0.4, 0.5) is 5.82 Å². The van der Waals surface area contributed by atoms with Crippen molar-refractivity contribution in [1.29, 1.82) is 0 Å². The molecule has 0 aliphatic carbocycles. The summed E-state index contributed by atoms with van der Waals surface area (Å²) in [5, 5.41) is 9.43. The first-order valence-electron chi connectivity index (χ1n) is 6.56. The van der Waals surface area contributed by atoms with E-state index in [1.54, 1.807) is 6.07 Å². The van der Waals surface area contributed by atoms with Crippen molar-refractivity contribution in [3.8, 4) is 5.75 Å². The van der Waals surface area contributed by atoms with Crippen LogP contribution in [-0.2, 0) is 4.79 Å². The molecule has 20 heavy (non-hydrogen) atoms. The van der Waals surface area contributed by atoms with Crippen molar-refractivity contribution in [3.05, 3.63) is 41.1 Å². The molecule has 5 nitrogen and oxygen atoms in total. The minimum absolute atomic E-state index is 0.111. The van der Waals surface area contributed by atoms with Crippen LogP contribution in [0, 0.1) is 20.8 Å². The van der Waals surface area contributed by atoms with Crippen molar-refractivity contribution in [2.75, 3.05) is 11.9 Å². The molecule has 2 rings (SSSR count). The maximum absolute atomic E-state index is 11.7. The number of nitrogens with zero attached hydrogens (tertiary/aromatic N) is 1. The summed E-state index contributed by atoms with van der Waals surface area (Å²) in [5.74, 6) is 1.22. The lowest BCUT2D eigenvalue weighted by molar-refractivity contribution is -0.116. The van der Waals surface area contributed by atoms with Gasteiger partial charge in [-0.3, -0.25) is 9.89 Å². The molecule has 1 amide bonds. The maximum atomic E-state index is 11.7. The van der Waals surface area contributed by atoms with E-state index in [1.807, 2.05) is 32.0 Å². The zero-order valence-corrected chi connectivity index (χ0v) is 12.0. The normalized spacial score (nSPS) is 10.3. The van der Waals surface area contributed by atoms with Crippen LogP contribution in [0.5, 0.6) is 5.75 Å². The van der Waals surface area contributed by atoms with Crippen molar-refractivity contribution in [2.24, 2.45) is 0 Å². The lowest BCUT2D eigenvalue weighted by atomic mass is 10.1. The van der Waals surface area contributed by atoms with Crippen molar-refractivity contribution < 1.29 is 9.53 Å². The molecule has 0 unspecified atom stereocenters. The van der Waals surface area contributed by atoms with Crippen LogP contribution in [0.1, 0.15) is 23.2 Å². The summed E-state index contributed by atoms with van der Waals surface area (Å²) in [4.78, 5) is 11.7. The van der Waals surface area contributed by atoms with E-state index >= 15 is 0 Å². The van der Waals surface area contributed by atoms with E-state index in [2.05, 4.69) is 22.4 Å². The second-order valence-corrected chi connectivity index (χ2v) is 4.83. The third-order valence-electron chi connectivity index (χ3n) is 3.05. The Morgan fingerprint density at radius 2 is 2.05 bits per heavy atom. The molecule has 2 aromatic rings. The number of carbonyl (C=O) groups is 1. The number of nitrogens with one attached hydrogen (secondary N) is 2. The summed E-state index contributed by atoms with van der Waals surface area (Å²) in [7, 11) is 0. The molecular weight excluding hydrogens is 254 g/mol. The highest BCUT2D eigenvalue weighted by Gasteiger charge is 2.05. The number of hydrogen-bond donors (Lipinski definition) is 2. The van der Waals surface area contributed by atoms with Crippen LogP contribution in [0.25, 0.3) is 0 Å². The van der Waals surface area contributed by atoms with Crippen LogP contribution in [0.15, 0.2) is 24.3 Å². The fraction of sp³-hybridized carbons (Fsp3) is 0.333. The first-order chi connectivity index (χ1) is 9.54. The van der Waals surface area contributed by atoms with Crippen LogP contribution in [-0.4, -0.2) is 22.7 Å². The van der Waals surface area contributed by atoms with Gasteiger partial charge in [-0.25, -0.2) is 0 Å². The monoisotopic (exact) mass is 273 g/mol. The Morgan fingerprint density at radius 1 is 1.25 bits per heavy atom. The van der Waals surface area contributed by atoms with E-state index in [4.69, 9.17) is 4.74 Å². The number of aryl methyl sites for hydroxylation is 3. The predicted molar refractivity (Wildman–Crippen MR) is 78.0 cm³/mol. The van der Waals surface area contributed by atoms with Crippen LogP contribution in [0.3, 0.4) is 0 Å². The van der Waals surface area contributed by atoms with Gasteiger partial charge in [-0.1, -0.05) is 6.07 Å². The number of hydrogen-bond acceptors (Lipinski definition) is 3. The fourth-order valence-corrected chi connectivity index (χ4v) is 1.75. The molecule has 1 aromatic heterocycles. The SMILES string of the molecule is Cc1cc(NC(=O)CCOc2ccc(C)c(C)c2)n[nH]1. The van der Waals surface area contributed by atoms with Crippen LogP contribution in [0.2, 0.25) is 0 Å². The van der Waals surface area contributed by atoms with Gasteiger partial charge in [0, 0.05) is 11.8 Å². The molecule has 1 aromatic carbocycles. The minimum Gasteiger partial charge on any atom is -0.493 e. The molecule has 2 N–H and O–H groups in total. The average molecular weight is 273 g/mol. The number of ether oxygens (including phenoxy) is 1. The topological polar surface area (TPSA) is 67.0 Å². The molecule has 106 valence electrons. The lowest BCUT2D eigenvalue weighted by Crippen LogP contribution is -2.15. The zero-order chi connectivity index (χ0) is 14.5. The first kappa shape index (κ1) is 14.1. The van der Waals surface area contributed by atoms with E-state index in [0.717, 1.165) is 11.4 Å². The summed E-state index contributed by atoms with van der Waals surface area (Å²) in [6, 6.07) is 7.68. The van der Waals surface area contributed by atoms with Gasteiger partial charge in [0.1, 0.15) is 5.75 Å². The number of amides is 1. The van der Waals surface area contributed by atoms with Crippen molar-refractivity contribution in [2.45, 2.75) is 27.2 Å². The second kappa shape index (κ2) is 6.23. The number of aromatic amines is 1. The molecule has 0 aliphatic rings. The summed E-state index contributed by atoms with van der Waals surface area (Å²) in [6.45, 7) is 6.32. The molecule has 0 saturated carbocycles. The van der Waals surface area contributed by atoms with E-state index in [9.17, 15) is 4.79 Å². The number of carbonyl (C=O) groups excluding carboxylic acids is 1. The molecule has 0 atom stereocenters. The molecule has 0 saturated heterocycles. The average Bonchev–Trinajstić information content (AvgIpc) is 2.79. The summed E-state index contributed by atoms with van der Waals surface area (Å²) >= 11 is 0. The van der Waals surface area contributed by atoms with Gasteiger partial charge in [0.25, 0.3) is 0 Å². The molecule has 0 radical (unpaired) electrons. The standard InChI is InChI=1S/C15H19N3O2/c1-10-4-5-13(8-11(10)2)20-7-6-15(19)16-14-9-12(3)17-18-14/h4-5,8-9H,6-7H2,1-3H3,(H2,16,17,18,19). The number of aromatic nitrogens is 2. The Labute approximate surface area is 118 Å². The molecule has 0 fully saturated rings. The maximum Gasteiger partial charge on any atom is 0.229 e. The molecule has 5 heteroatoms. The van der Waals surface area contributed by atoms with Crippen molar-refractivity contribution >= 4 is 11.7 Å². The van der Waals surface area contributed by atoms with Gasteiger partial charge in [0.05, 0.1) is 13.0 Å². The van der Waals surface area contributed by atoms with Gasteiger partial charge in [0.2, 0.25) is 5.91 Å². The van der Waals surface area contributed by atoms with Crippen LogP contribution < -0.4 is 10.1 Å². The Morgan fingerprint density at radius 3 is 2.70 bits per heavy atom. The Bertz CT molecular complexity index is 605. The zero-order valence-electron chi connectivity index (χ0n) is 12.0. The smallest absolute Gasteiger partial charge is 0.229 e. The first-order valence-corrected chi connectivity index (χ1v) is 6.56. The number of rotatable bonds is 5. The number of benzene rings is 1. The van der Waals surface area contributed by atoms with E-state index in [1.165, 1.54) is 11.1 Å². The number of H-pyrrole nitrogens is 1. The summed E-state index contributed by atoms with van der Waals surface area (Å²) in [6.07, 6.45) is 0.291. The Hall–Kier alpha value is -2.30. The summed E-state index contributed by atoms with van der Waals surface area (Å²) in [5.41, 5.74) is 3.31. The van der Waals surface area contributed by atoms with Gasteiger partial charge in [-0.2, -0.15) is 5.10 Å². The van der Waals surface area contributed by atoms with Gasteiger partial charge < -0.3 is 10.1 Å². The van der Waals surface area contributed by atoms with Gasteiger partial charge in [-0.15, -0.1) is 0 Å². The summed E-state index contributed by atoms with van der Waals surface area (Å²) < 4.78 is 5.57. The highest BCUT2D eigenvalue weighted by atomic mass is 16.5. The lowest BCUT2D eigenvalue weighted by Gasteiger charge is -2.08. The largest absolute Gasteiger partial charge is 0.493 e. The van der Waals surface area contributed by atoms with Crippen LogP contribution >= 0.6 is 0 Å². The Kier molecular flexibility index (Phi) is 4.40. The van der Waals surface area contributed by atoms with E-state index in [-0.39, 0.29) is 5.91 Å². The highest BCUT2D eigenvalue weighted by molar-refractivity contribution is 5.89. The molecular formula is C15H19N3O2. The third-order valence-corrected chi connectivity index (χ3v) is 3.05. The third kappa shape index (κ3) is 3.85. The minimum atomic E-state index is -0.111. The van der Waals surface area contributed by atoms with Gasteiger partial charge in [0.15, 0.2) is 5.82 Å². The van der Waals surface area contributed by atoms with Crippen molar-refractivity contribution in [3.63, 3.8) is 0 Å². The van der Waals surface area contributed by atoms with Crippen molar-refractivity contribution in [1.82, 2.24) is 10.2 Å². The van der Waals surface area contributed by atoms with Gasteiger partial charge >= 0.3 is 0 Å². The highest BCUT2D eigenvalue weighted by Crippen LogP contribution is 2.16. The molecule has 0 aliphatic heterocycles. The Balaban J connectivity index is 1.77. The van der Waals surface area contributed by atoms with E-state index in [0.29, 0.717) is 18.8 Å². The number of anilines is 1. The second-order valence-electron chi connectivity index (χ2n) is 4.83. The fourth-order valence-electron chi connectivity index (χ4n) is 1.75. The van der Waals surface area contributed by atoms with E-state index < -0.39 is 0 Å². The molecule has 1 heterocycles. The van der Waals surface area contributed by atoms with Gasteiger partial charge in [-0.05, 0) is 44.0 Å². The predicted octanol–water partition coefficient (Wildman–Crippen LogP) is 2.74. The quantitative estimate of drug-likeness (QED) is 0.880. The molecule has 0 spiro atoms.